The van der Waals surface area contributed by atoms with E-state index in [0.717, 1.165) is 33.1 Å². The maximum atomic E-state index is 11.6. The van der Waals surface area contributed by atoms with Gasteiger partial charge in [0, 0.05) is 20.1 Å². The van der Waals surface area contributed by atoms with Crippen molar-refractivity contribution < 1.29 is 38.7 Å². The minimum Gasteiger partial charge on any atom is -0.479 e. The molecule has 0 unspecified atom stereocenters. The summed E-state index contributed by atoms with van der Waals surface area (Å²) >= 11 is 3.36. The van der Waals surface area contributed by atoms with Crippen LogP contribution in [-0.4, -0.2) is 72.4 Å². The quantitative estimate of drug-likeness (QED) is 0.0157. The third-order valence-electron chi connectivity index (χ3n) is 10.8. The van der Waals surface area contributed by atoms with E-state index >= 15 is 0 Å². The number of hydrogen-bond donors (Lipinski definition) is 2. The van der Waals surface area contributed by atoms with Crippen LogP contribution in [0.1, 0.15) is 54.2 Å². The second-order valence-corrected chi connectivity index (χ2v) is 17.6. The first-order valence-corrected chi connectivity index (χ1v) is 26.3. The van der Waals surface area contributed by atoms with Gasteiger partial charge in [-0.05, 0) is 70.7 Å². The van der Waals surface area contributed by atoms with Crippen molar-refractivity contribution in [1.29, 1.82) is 0 Å². The lowest BCUT2D eigenvalue weighted by molar-refractivity contribution is -0.163. The molecule has 0 heterocycles. The number of allylic oxidation sites excluding steroid dienone is 2. The molecule has 6 atom stereocenters. The van der Waals surface area contributed by atoms with E-state index in [-0.39, 0.29) is 45.1 Å². The highest BCUT2D eigenvalue weighted by Crippen LogP contribution is 2.16. The number of halogens is 1. The van der Waals surface area contributed by atoms with Crippen molar-refractivity contribution in [3.05, 3.63) is 284 Å². The van der Waals surface area contributed by atoms with Crippen molar-refractivity contribution in [2.45, 2.75) is 95.8 Å². The molecule has 17 nitrogen and oxygen atoms in total. The summed E-state index contributed by atoms with van der Waals surface area (Å²) in [6, 6.07) is 58.2. The Labute approximate surface area is 472 Å². The number of carboxylic acid groups (broad SMARTS) is 1. The van der Waals surface area contributed by atoms with Crippen LogP contribution in [-0.2, 0) is 66.8 Å². The summed E-state index contributed by atoms with van der Waals surface area (Å²) in [5, 5.41) is 30.5. The number of aliphatic carboxylic acids is 1. The summed E-state index contributed by atoms with van der Waals surface area (Å²) in [5.74, 6) is -1.16. The molecule has 0 aliphatic rings. The third kappa shape index (κ3) is 31.9. The van der Waals surface area contributed by atoms with Crippen molar-refractivity contribution in [3.63, 3.8) is 0 Å². The molecule has 2 N–H and O–H groups in total. The van der Waals surface area contributed by atoms with Gasteiger partial charge in [-0.3, -0.25) is 0 Å². The van der Waals surface area contributed by atoms with Gasteiger partial charge < -0.3 is 33.9 Å². The van der Waals surface area contributed by atoms with Crippen molar-refractivity contribution in [2.75, 3.05) is 19.6 Å². The van der Waals surface area contributed by atoms with Crippen LogP contribution in [0.4, 0.5) is 0 Å². The van der Waals surface area contributed by atoms with Gasteiger partial charge >= 0.3 is 5.97 Å². The maximum Gasteiger partial charge on any atom is 0.335 e. The van der Waals surface area contributed by atoms with Crippen LogP contribution in [0.25, 0.3) is 31.3 Å². The fourth-order valence-corrected chi connectivity index (χ4v) is 6.74. The number of azide groups is 3. The average molecular weight is 1140 g/mol. The van der Waals surface area contributed by atoms with Crippen LogP contribution in [0.15, 0.2) is 234 Å². The molecular weight excluding hydrogens is 1070 g/mol. The fraction of sp³-hybridized carbons (Fsp3) is 0.295. The molecular formula is C61H72BrN9O8. The topological polar surface area (TPSA) is 250 Å². The number of aliphatic hydroxyl groups is 1. The van der Waals surface area contributed by atoms with Crippen molar-refractivity contribution in [2.24, 2.45) is 15.3 Å². The molecule has 0 amide bonds. The van der Waals surface area contributed by atoms with E-state index in [2.05, 4.69) is 91.2 Å². The molecule has 6 aromatic rings. The first kappa shape index (κ1) is 67.3. The van der Waals surface area contributed by atoms with Gasteiger partial charge in [-0.15, -0.1) is 13.2 Å². The van der Waals surface area contributed by atoms with Crippen LogP contribution in [0, 0.1) is 0 Å². The van der Waals surface area contributed by atoms with Crippen LogP contribution in [0.3, 0.4) is 0 Å². The Kier molecular flexibility index (Phi) is 37.6. The largest absolute Gasteiger partial charge is 0.479 e. The summed E-state index contributed by atoms with van der Waals surface area (Å²) in [5.41, 5.74) is 32.9. The lowest BCUT2D eigenvalue weighted by Crippen LogP contribution is -2.40. The van der Waals surface area contributed by atoms with E-state index in [1.165, 1.54) is 17.2 Å². The predicted octanol–water partition coefficient (Wildman–Crippen LogP) is 15.2. The van der Waals surface area contributed by atoms with Gasteiger partial charge in [0.15, 0.2) is 6.10 Å². The minimum atomic E-state index is -1.24. The predicted molar refractivity (Wildman–Crippen MR) is 315 cm³/mol. The first-order valence-electron chi connectivity index (χ1n) is 25.2. The molecule has 416 valence electrons. The monoisotopic (exact) mass is 1140 g/mol. The number of aliphatic hydroxyl groups excluding tert-OH is 1. The second kappa shape index (κ2) is 44.2. The van der Waals surface area contributed by atoms with Gasteiger partial charge in [0.1, 0.15) is 18.3 Å². The number of benzene rings is 6. The molecule has 18 heteroatoms. The number of carbonyl (C=O) groups is 1. The van der Waals surface area contributed by atoms with Crippen molar-refractivity contribution in [3.8, 4) is 0 Å². The van der Waals surface area contributed by atoms with Gasteiger partial charge in [-0.2, -0.15) is 0 Å². The molecule has 6 rings (SSSR count). The molecule has 0 aliphatic carbocycles. The number of nitrogens with zero attached hydrogens (tertiary/aromatic N) is 9. The van der Waals surface area contributed by atoms with E-state index in [1.54, 1.807) is 6.08 Å². The summed E-state index contributed by atoms with van der Waals surface area (Å²) in [7, 11) is 0. The number of rotatable bonds is 28. The Morgan fingerprint density at radius 2 is 0.797 bits per heavy atom. The molecule has 0 radical (unpaired) electrons. The molecule has 0 saturated heterocycles. The Balaban J connectivity index is 0.000000367. The molecule has 0 aliphatic heterocycles. The van der Waals surface area contributed by atoms with Gasteiger partial charge in [0.2, 0.25) is 0 Å². The number of ether oxygens (including phenoxy) is 5. The molecule has 0 spiro atoms. The van der Waals surface area contributed by atoms with E-state index in [9.17, 15) is 15.0 Å². The zero-order valence-corrected chi connectivity index (χ0v) is 46.6. The van der Waals surface area contributed by atoms with Gasteiger partial charge in [0.25, 0.3) is 0 Å². The smallest absolute Gasteiger partial charge is 0.335 e. The number of alkyl halides is 1. The Bertz CT molecular complexity index is 2710. The number of carboxylic acids is 1. The standard InChI is InChI=1S/C19H21N3O2.C18H19N3O4.C12H15N3O2.C7H7Br.C5H10/c1-2-18(23-14-16-9-5-3-6-10-16)19(13-21-22-20)24-15-17-11-7-4-8-12-17;19-21-20-11-16(24-12-14-7-3-1-4-8-14)17(18(22)23)25-13-15-9-5-2-6-10-15;1-2-12(11(16)8-14-15-13)17-9-10-6-4-3-5-7-10;8-6-7-4-2-1-3-5-7;1-4-5(2)3/h2-12,18-19H,1,13-15H2;1-10,16-17H,11-13H2,(H,22,23);2-7,11-12,16H,1,8-9H2;1-5H,6H2;4H,1-3H3/t18-,19+;16-,17-;11-,12+;;/m011../s1. The fourth-order valence-electron chi connectivity index (χ4n) is 6.36. The zero-order chi connectivity index (χ0) is 57.6. The number of hydrogen-bond acceptors (Lipinski definition) is 10. The third-order valence-corrected chi connectivity index (χ3v) is 11.5. The normalized spacial score (nSPS) is 12.2. The highest BCUT2D eigenvalue weighted by atomic mass is 79.9. The highest BCUT2D eigenvalue weighted by Gasteiger charge is 2.30. The highest BCUT2D eigenvalue weighted by molar-refractivity contribution is 9.08. The van der Waals surface area contributed by atoms with Crippen LogP contribution < -0.4 is 0 Å². The lowest BCUT2D eigenvalue weighted by Gasteiger charge is -2.24. The zero-order valence-electron chi connectivity index (χ0n) is 45.0. The second-order valence-electron chi connectivity index (χ2n) is 17.0. The van der Waals surface area contributed by atoms with E-state index in [1.807, 2.05) is 177 Å². The summed E-state index contributed by atoms with van der Waals surface area (Å²) in [4.78, 5) is 19.7. The van der Waals surface area contributed by atoms with Crippen LogP contribution in [0.5, 0.6) is 0 Å². The molecule has 79 heavy (non-hydrogen) atoms. The van der Waals surface area contributed by atoms with E-state index < -0.39 is 30.4 Å². The molecule has 0 bridgehead atoms. The maximum absolute atomic E-state index is 11.6. The molecule has 0 saturated carbocycles. The Hall–Kier alpha value is -7.82. The van der Waals surface area contributed by atoms with E-state index in [4.69, 9.17) is 40.3 Å². The van der Waals surface area contributed by atoms with Crippen LogP contribution >= 0.6 is 15.9 Å². The van der Waals surface area contributed by atoms with Gasteiger partial charge in [-0.25, -0.2) is 4.79 Å². The van der Waals surface area contributed by atoms with E-state index in [0.29, 0.717) is 19.8 Å². The van der Waals surface area contributed by atoms with Gasteiger partial charge in [0.05, 0.1) is 64.9 Å². The lowest BCUT2D eigenvalue weighted by atomic mass is 10.2. The molecule has 6 aromatic carbocycles. The van der Waals surface area contributed by atoms with Crippen LogP contribution in [0.2, 0.25) is 0 Å². The summed E-state index contributed by atoms with van der Waals surface area (Å²) in [6.07, 6.45) is 0.979. The summed E-state index contributed by atoms with van der Waals surface area (Å²) in [6.45, 7) is 15.2. The Morgan fingerprint density at radius 1 is 0.506 bits per heavy atom. The van der Waals surface area contributed by atoms with Crippen molar-refractivity contribution >= 4 is 21.9 Å². The Morgan fingerprint density at radius 3 is 1.10 bits per heavy atom. The molecule has 0 fully saturated rings. The minimum absolute atomic E-state index is 0.0258. The van der Waals surface area contributed by atoms with Crippen molar-refractivity contribution in [1.82, 2.24) is 0 Å². The van der Waals surface area contributed by atoms with Gasteiger partial charge in [-0.1, -0.05) is 237 Å². The summed E-state index contributed by atoms with van der Waals surface area (Å²) < 4.78 is 28.5. The average Bonchev–Trinajstić information content (AvgIpc) is 3.50. The first-order chi connectivity index (χ1) is 38.5. The molecule has 0 aromatic heterocycles. The SMILES string of the molecule is BrCc1ccccc1.C=C[C@H](OCc1ccccc1)[C@@H](CN=[N+]=[N-])OCc1ccccc1.C=C[C@H](OCc1ccccc1)[C@H](O)CN=[N+]=[N-].CC=C(C)C.[N-]=[N+]=NC[C@@H](OCc1ccccc1)[C@@H](OCc1ccccc1)C(=O)O.